The number of hydrogen-bond acceptors (Lipinski definition) is 8. The highest BCUT2D eigenvalue weighted by molar-refractivity contribution is 5.70. The number of carboxylic acid groups (broad SMARTS) is 4. The molecule has 0 amide bonds. The van der Waals surface area contributed by atoms with Crippen LogP contribution in [0.3, 0.4) is 0 Å². The number of alkyl halides is 1. The third-order valence-corrected chi connectivity index (χ3v) is 4.39. The molecule has 13 heteroatoms. The van der Waals surface area contributed by atoms with Crippen molar-refractivity contribution >= 4 is 23.9 Å². The highest BCUT2D eigenvalue weighted by atomic mass is 19.1. The van der Waals surface area contributed by atoms with Crippen molar-refractivity contribution in [3.8, 4) is 0 Å². The molecule has 0 aromatic heterocycles. The van der Waals surface area contributed by atoms with Crippen LogP contribution in [0.2, 0.25) is 0 Å². The lowest BCUT2D eigenvalue weighted by Gasteiger charge is -2.34. The highest BCUT2D eigenvalue weighted by Crippen LogP contribution is 2.08. The minimum absolute atomic E-state index is 0.0554. The van der Waals surface area contributed by atoms with Crippen molar-refractivity contribution in [3.63, 3.8) is 0 Å². The van der Waals surface area contributed by atoms with Crippen LogP contribution >= 0.6 is 0 Å². The minimum atomic E-state index is -1.79. The second-order valence-electron chi connectivity index (χ2n) is 6.77. The highest BCUT2D eigenvalue weighted by Gasteiger charge is 2.26. The first-order chi connectivity index (χ1) is 13.6. The number of carbonyl (C=O) groups is 4. The van der Waals surface area contributed by atoms with Crippen LogP contribution in [0.5, 0.6) is 0 Å². The predicted molar refractivity (Wildman–Crippen MR) is 96.3 cm³/mol. The lowest BCUT2D eigenvalue weighted by molar-refractivity contribution is -0.143. The maximum Gasteiger partial charge on any atom is 0.317 e. The summed E-state index contributed by atoms with van der Waals surface area (Å²) < 4.78 is 14.8. The van der Waals surface area contributed by atoms with E-state index in [0.29, 0.717) is 0 Å². The molecule has 1 aliphatic rings. The maximum atomic E-state index is 14.8. The largest absolute Gasteiger partial charge is 0.480 e. The summed E-state index contributed by atoms with van der Waals surface area (Å²) in [6, 6.07) is 0. The molecule has 0 radical (unpaired) electrons. The summed E-state index contributed by atoms with van der Waals surface area (Å²) >= 11 is 0. The lowest BCUT2D eigenvalue weighted by atomic mass is 10.3. The molecule has 1 saturated heterocycles. The molecule has 0 aliphatic carbocycles. The topological polar surface area (TPSA) is 162 Å². The zero-order valence-corrected chi connectivity index (χ0v) is 15.9. The number of halogens is 1. The number of hydrogen-bond donors (Lipinski definition) is 4. The Kier molecular flexibility index (Phi) is 10.4. The second-order valence-corrected chi connectivity index (χ2v) is 6.77. The van der Waals surface area contributed by atoms with E-state index < -0.39 is 43.3 Å². The van der Waals surface area contributed by atoms with Crippen LogP contribution in [0.4, 0.5) is 4.39 Å². The molecule has 29 heavy (non-hydrogen) atoms. The second kappa shape index (κ2) is 12.3. The molecule has 0 aromatic carbocycles. The first-order valence-electron chi connectivity index (χ1n) is 8.99. The molecule has 1 rings (SSSR count). The van der Waals surface area contributed by atoms with Crippen LogP contribution in [0.1, 0.15) is 0 Å². The van der Waals surface area contributed by atoms with E-state index in [1.165, 1.54) is 14.7 Å². The summed E-state index contributed by atoms with van der Waals surface area (Å²) in [5.74, 6) is -4.66. The van der Waals surface area contributed by atoms with Crippen molar-refractivity contribution in [1.29, 1.82) is 0 Å². The van der Waals surface area contributed by atoms with Crippen molar-refractivity contribution < 1.29 is 44.0 Å². The molecule has 1 aliphatic heterocycles. The van der Waals surface area contributed by atoms with Gasteiger partial charge in [0.25, 0.3) is 0 Å². The summed E-state index contributed by atoms with van der Waals surface area (Å²) in [4.78, 5) is 49.6. The van der Waals surface area contributed by atoms with Gasteiger partial charge in [-0.05, 0) is 0 Å². The third kappa shape index (κ3) is 10.7. The summed E-state index contributed by atoms with van der Waals surface area (Å²) in [7, 11) is 0. The molecule has 0 bridgehead atoms. The zero-order chi connectivity index (χ0) is 22.0. The molecule has 166 valence electrons. The molecule has 1 fully saturated rings. The fourth-order valence-corrected chi connectivity index (χ4v) is 3.00. The van der Waals surface area contributed by atoms with E-state index in [0.717, 1.165) is 4.90 Å². The van der Waals surface area contributed by atoms with E-state index in [1.54, 1.807) is 0 Å². The molecular formula is C16H27FN4O8. The Bertz CT molecular complexity index is 593. The number of rotatable bonds is 8. The van der Waals surface area contributed by atoms with Gasteiger partial charge in [0.15, 0.2) is 6.30 Å². The van der Waals surface area contributed by atoms with Crippen LogP contribution in [0.15, 0.2) is 0 Å². The standard InChI is InChI=1S/C16H27FN4O8/c17-12-7-20(10-15(26)27)4-3-18(8-13(22)23)1-2-19(9-14(24)25)5-6-21(12)11-16(28)29/h12H,1-11H2,(H,22,23)(H,24,25)(H,26,27)(H,28,29). The Hall–Kier alpha value is -2.35. The smallest absolute Gasteiger partial charge is 0.317 e. The SMILES string of the molecule is O=C(O)CN1CCN(CC(=O)O)CCN(CC(=O)O)C(F)CN(CC(=O)O)CC1. The fraction of sp³-hybridized carbons (Fsp3) is 0.750. The molecule has 4 N–H and O–H groups in total. The predicted octanol–water partition coefficient (Wildman–Crippen LogP) is -2.16. The maximum absolute atomic E-state index is 14.8. The Morgan fingerprint density at radius 3 is 1.38 bits per heavy atom. The lowest BCUT2D eigenvalue weighted by Crippen LogP contribution is -2.51. The van der Waals surface area contributed by atoms with E-state index in [1.807, 2.05) is 0 Å². The van der Waals surface area contributed by atoms with Gasteiger partial charge in [0.2, 0.25) is 0 Å². The van der Waals surface area contributed by atoms with Gasteiger partial charge in [0, 0.05) is 45.8 Å². The number of nitrogens with zero attached hydrogens (tertiary/aromatic N) is 4. The van der Waals surface area contributed by atoms with E-state index in [2.05, 4.69) is 0 Å². The molecule has 0 spiro atoms. The summed E-state index contributed by atoms with van der Waals surface area (Å²) in [6.07, 6.45) is -1.79. The molecule has 1 atom stereocenters. The summed E-state index contributed by atoms with van der Waals surface area (Å²) in [5.41, 5.74) is 0. The molecule has 0 saturated carbocycles. The van der Waals surface area contributed by atoms with Crippen LogP contribution in [-0.4, -0.2) is 142 Å². The van der Waals surface area contributed by atoms with Gasteiger partial charge in [-0.15, -0.1) is 0 Å². The Morgan fingerprint density at radius 1 is 0.621 bits per heavy atom. The Labute approximate surface area is 166 Å². The average Bonchev–Trinajstić information content (AvgIpc) is 2.57. The summed E-state index contributed by atoms with van der Waals surface area (Å²) in [5, 5.41) is 36.2. The van der Waals surface area contributed by atoms with E-state index in [-0.39, 0.29) is 58.9 Å². The zero-order valence-electron chi connectivity index (χ0n) is 15.9. The van der Waals surface area contributed by atoms with E-state index in [4.69, 9.17) is 20.4 Å². The first kappa shape index (κ1) is 24.7. The summed E-state index contributed by atoms with van der Waals surface area (Å²) in [6.45, 7) is -1.61. The van der Waals surface area contributed by atoms with Gasteiger partial charge in [-0.2, -0.15) is 0 Å². The van der Waals surface area contributed by atoms with Gasteiger partial charge in [-0.3, -0.25) is 38.8 Å². The van der Waals surface area contributed by atoms with E-state index >= 15 is 0 Å². The first-order valence-corrected chi connectivity index (χ1v) is 8.99. The third-order valence-electron chi connectivity index (χ3n) is 4.39. The van der Waals surface area contributed by atoms with Crippen molar-refractivity contribution in [2.45, 2.75) is 6.30 Å². The van der Waals surface area contributed by atoms with Crippen molar-refractivity contribution in [2.75, 3.05) is 72.0 Å². The monoisotopic (exact) mass is 422 g/mol. The van der Waals surface area contributed by atoms with Gasteiger partial charge in [0.1, 0.15) is 0 Å². The van der Waals surface area contributed by atoms with Crippen LogP contribution in [0, 0.1) is 0 Å². The average molecular weight is 422 g/mol. The van der Waals surface area contributed by atoms with Crippen LogP contribution in [0.25, 0.3) is 0 Å². The quantitative estimate of drug-likeness (QED) is 0.314. The molecular weight excluding hydrogens is 395 g/mol. The molecule has 1 unspecified atom stereocenters. The van der Waals surface area contributed by atoms with Gasteiger partial charge in [-0.1, -0.05) is 0 Å². The van der Waals surface area contributed by atoms with Crippen molar-refractivity contribution in [1.82, 2.24) is 19.6 Å². The van der Waals surface area contributed by atoms with Gasteiger partial charge in [0.05, 0.1) is 26.2 Å². The number of aliphatic carboxylic acids is 4. The fourth-order valence-electron chi connectivity index (χ4n) is 3.00. The van der Waals surface area contributed by atoms with Gasteiger partial charge >= 0.3 is 23.9 Å². The normalized spacial score (nSPS) is 21.8. The molecule has 0 aromatic rings. The number of carboxylic acids is 4. The Morgan fingerprint density at radius 2 is 0.966 bits per heavy atom. The Balaban J connectivity index is 3.01. The van der Waals surface area contributed by atoms with E-state index in [9.17, 15) is 23.6 Å². The van der Waals surface area contributed by atoms with Gasteiger partial charge < -0.3 is 20.4 Å². The molecule has 12 nitrogen and oxygen atoms in total. The molecule has 1 heterocycles. The van der Waals surface area contributed by atoms with Gasteiger partial charge in [-0.25, -0.2) is 4.39 Å². The van der Waals surface area contributed by atoms with Crippen molar-refractivity contribution in [2.24, 2.45) is 0 Å². The van der Waals surface area contributed by atoms with Crippen molar-refractivity contribution in [3.05, 3.63) is 0 Å². The van der Waals surface area contributed by atoms with Crippen LogP contribution in [-0.2, 0) is 19.2 Å². The minimum Gasteiger partial charge on any atom is -0.480 e. The van der Waals surface area contributed by atoms with Crippen LogP contribution < -0.4 is 0 Å².